The quantitative estimate of drug-likeness (QED) is 0.122. The fourth-order valence-electron chi connectivity index (χ4n) is 3.77. The van der Waals surface area contributed by atoms with Gasteiger partial charge in [0.1, 0.15) is 17.7 Å². The maximum absolute atomic E-state index is 13.3. The molecule has 1 aromatic carbocycles. The van der Waals surface area contributed by atoms with Crippen molar-refractivity contribution in [2.75, 3.05) is 13.2 Å². The van der Waals surface area contributed by atoms with E-state index in [9.17, 15) is 29.3 Å². The van der Waals surface area contributed by atoms with Crippen molar-refractivity contribution in [2.45, 2.75) is 67.7 Å². The summed E-state index contributed by atoms with van der Waals surface area (Å²) in [4.78, 5) is 62.7. The number of halogens is 1. The number of nitro groups is 1. The van der Waals surface area contributed by atoms with Gasteiger partial charge < -0.3 is 19.5 Å². The van der Waals surface area contributed by atoms with Gasteiger partial charge in [0.25, 0.3) is 5.69 Å². The number of esters is 2. The van der Waals surface area contributed by atoms with Gasteiger partial charge in [-0.25, -0.2) is 14.4 Å². The molecule has 2 aliphatic rings. The van der Waals surface area contributed by atoms with Crippen LogP contribution in [0.5, 0.6) is 0 Å². The van der Waals surface area contributed by atoms with Gasteiger partial charge in [-0.2, -0.15) is 0 Å². The van der Waals surface area contributed by atoms with Gasteiger partial charge in [0.2, 0.25) is 5.91 Å². The van der Waals surface area contributed by atoms with E-state index in [4.69, 9.17) is 14.2 Å². The third-order valence-corrected chi connectivity index (χ3v) is 7.15. The summed E-state index contributed by atoms with van der Waals surface area (Å²) in [5.74, 6) is -1.87. The Morgan fingerprint density at radius 3 is 2.33 bits per heavy atom. The molecule has 0 unspecified atom stereocenters. The number of non-ortho nitro benzene ring substituents is 1. The molecule has 0 radical (unpaired) electrons. The Morgan fingerprint density at radius 1 is 1.22 bits per heavy atom. The Balaban J connectivity index is 1.76. The number of ether oxygens (including phenoxy) is 3. The minimum atomic E-state index is -1.17. The smallest absolute Gasteiger partial charge is 0.411 e. The number of nitrogens with one attached hydrogen (secondary N) is 1. The van der Waals surface area contributed by atoms with E-state index in [1.165, 1.54) is 29.2 Å². The van der Waals surface area contributed by atoms with E-state index in [1.807, 2.05) is 0 Å². The van der Waals surface area contributed by atoms with Crippen LogP contribution in [0.15, 0.2) is 24.3 Å². The molecule has 1 N–H and O–H groups in total. The summed E-state index contributed by atoms with van der Waals surface area (Å²) in [7, 11) is 0. The molecule has 3 rings (SSSR count). The predicted molar refractivity (Wildman–Crippen MR) is 134 cm³/mol. The van der Waals surface area contributed by atoms with Crippen LogP contribution < -0.4 is 5.32 Å². The molecule has 1 aliphatic carbocycles. The van der Waals surface area contributed by atoms with Crippen LogP contribution in [0.2, 0.25) is 0 Å². The third kappa shape index (κ3) is 6.23. The van der Waals surface area contributed by atoms with Crippen LogP contribution in [-0.4, -0.2) is 74.1 Å². The Kier molecular flexibility index (Phi) is 8.10. The highest BCUT2D eigenvalue weighted by Crippen LogP contribution is 2.44. The van der Waals surface area contributed by atoms with Crippen LogP contribution in [0.1, 0.15) is 50.9 Å². The van der Waals surface area contributed by atoms with Crippen molar-refractivity contribution in [3.05, 3.63) is 39.9 Å². The molecule has 1 saturated carbocycles. The highest BCUT2D eigenvalue weighted by atomic mass is 127. The first kappa shape index (κ1) is 27.6. The standard InChI is InChI=1S/C23H28IN3O9/c1-5-34-20(30)23(11-17(23)24)25-18(28)16-10-15(12-26(16)21(31)36-22(2,3)4)35-19(29)13-6-8-14(9-7-13)27(32)33/h6-9,15-17H,5,10-12H2,1-4H3,(H,25,28)/t15-,16+,17-,23-/m1/s1. The lowest BCUT2D eigenvalue weighted by Gasteiger charge is -2.28. The highest BCUT2D eigenvalue weighted by Gasteiger charge is 2.62. The first-order valence-electron chi connectivity index (χ1n) is 11.4. The normalized spacial score (nSPS) is 25.0. The van der Waals surface area contributed by atoms with Gasteiger partial charge in [0, 0.05) is 22.5 Å². The highest BCUT2D eigenvalue weighted by molar-refractivity contribution is 14.1. The zero-order valence-electron chi connectivity index (χ0n) is 20.3. The van der Waals surface area contributed by atoms with E-state index >= 15 is 0 Å². The fourth-order valence-corrected chi connectivity index (χ4v) is 4.88. The molecule has 13 heteroatoms. The Bertz CT molecular complexity index is 1060. The molecule has 0 aromatic heterocycles. The summed E-state index contributed by atoms with van der Waals surface area (Å²) in [5.41, 5.74) is -2.09. The summed E-state index contributed by atoms with van der Waals surface area (Å²) in [5, 5.41) is 13.6. The molecular weight excluding hydrogens is 589 g/mol. The molecule has 1 saturated heterocycles. The number of likely N-dealkylation sites (tertiary alicyclic amines) is 1. The third-order valence-electron chi connectivity index (χ3n) is 5.64. The van der Waals surface area contributed by atoms with Gasteiger partial charge in [-0.3, -0.25) is 19.8 Å². The van der Waals surface area contributed by atoms with Crippen molar-refractivity contribution in [1.82, 2.24) is 10.2 Å². The van der Waals surface area contributed by atoms with Crippen LogP contribution >= 0.6 is 22.6 Å². The Hall–Kier alpha value is -2.97. The first-order chi connectivity index (χ1) is 16.8. The molecule has 196 valence electrons. The summed E-state index contributed by atoms with van der Waals surface area (Å²) >= 11 is 2.06. The lowest BCUT2D eigenvalue weighted by molar-refractivity contribution is -0.384. The minimum absolute atomic E-state index is 0.0192. The SMILES string of the molecule is CCOC(=O)[C@@]1(NC(=O)[C@@H]2C[C@@H](OC(=O)c3ccc([N+](=O)[O-])cc3)CN2C(=O)OC(C)(C)C)C[C@H]1I. The van der Waals surface area contributed by atoms with E-state index in [2.05, 4.69) is 27.9 Å². The number of rotatable bonds is 7. The van der Waals surface area contributed by atoms with E-state index in [1.54, 1.807) is 27.7 Å². The number of hydrogen-bond acceptors (Lipinski definition) is 9. The molecule has 0 spiro atoms. The van der Waals surface area contributed by atoms with Gasteiger partial charge in [0.15, 0.2) is 5.54 Å². The molecule has 1 heterocycles. The lowest BCUT2D eigenvalue weighted by atomic mass is 10.1. The van der Waals surface area contributed by atoms with Gasteiger partial charge >= 0.3 is 18.0 Å². The summed E-state index contributed by atoms with van der Waals surface area (Å²) in [6.07, 6.45) is -1.22. The van der Waals surface area contributed by atoms with Crippen molar-refractivity contribution >= 4 is 52.2 Å². The fraction of sp³-hybridized carbons (Fsp3) is 0.565. The van der Waals surface area contributed by atoms with E-state index < -0.39 is 52.1 Å². The number of carbonyl (C=O) groups excluding carboxylic acids is 4. The number of hydrogen-bond donors (Lipinski definition) is 1. The second-order valence-corrected chi connectivity index (χ2v) is 11.1. The van der Waals surface area contributed by atoms with E-state index in [0.717, 1.165) is 0 Å². The number of benzene rings is 1. The summed E-state index contributed by atoms with van der Waals surface area (Å²) in [6.45, 7) is 6.77. The lowest BCUT2D eigenvalue weighted by Crippen LogP contribution is -2.54. The van der Waals surface area contributed by atoms with Crippen LogP contribution in [0.4, 0.5) is 10.5 Å². The monoisotopic (exact) mass is 617 g/mol. The summed E-state index contributed by atoms with van der Waals surface area (Å²) < 4.78 is 15.9. The largest absolute Gasteiger partial charge is 0.464 e. The van der Waals surface area contributed by atoms with Crippen molar-refractivity contribution < 1.29 is 38.3 Å². The molecule has 2 amide bonds. The van der Waals surface area contributed by atoms with E-state index in [-0.39, 0.29) is 34.7 Å². The zero-order valence-corrected chi connectivity index (χ0v) is 22.5. The summed E-state index contributed by atoms with van der Waals surface area (Å²) in [6, 6.07) is 3.84. The molecule has 12 nitrogen and oxygen atoms in total. The molecule has 2 fully saturated rings. The van der Waals surface area contributed by atoms with Crippen LogP contribution in [-0.2, 0) is 23.8 Å². The van der Waals surface area contributed by atoms with Crippen molar-refractivity contribution in [3.8, 4) is 0 Å². The Labute approximate surface area is 221 Å². The van der Waals surface area contributed by atoms with Crippen molar-refractivity contribution in [3.63, 3.8) is 0 Å². The average Bonchev–Trinajstić information content (AvgIpc) is 3.24. The van der Waals surface area contributed by atoms with Gasteiger partial charge in [0.05, 0.1) is 23.6 Å². The molecule has 36 heavy (non-hydrogen) atoms. The number of nitrogens with zero attached hydrogens (tertiary/aromatic N) is 2. The van der Waals surface area contributed by atoms with Gasteiger partial charge in [-0.1, -0.05) is 22.6 Å². The predicted octanol–water partition coefficient (Wildman–Crippen LogP) is 2.76. The van der Waals surface area contributed by atoms with Crippen LogP contribution in [0.25, 0.3) is 0 Å². The second kappa shape index (κ2) is 10.6. The van der Waals surface area contributed by atoms with Crippen LogP contribution in [0.3, 0.4) is 0 Å². The van der Waals surface area contributed by atoms with Crippen LogP contribution in [0, 0.1) is 10.1 Å². The van der Waals surface area contributed by atoms with Gasteiger partial charge in [-0.05, 0) is 46.2 Å². The number of carbonyl (C=O) groups is 4. The molecule has 0 bridgehead atoms. The average molecular weight is 617 g/mol. The maximum atomic E-state index is 13.3. The molecule has 1 aliphatic heterocycles. The second-order valence-electron chi connectivity index (χ2n) is 9.57. The zero-order chi connectivity index (χ0) is 26.8. The number of nitro benzene ring substituents is 1. The van der Waals surface area contributed by atoms with Crippen molar-refractivity contribution in [1.29, 1.82) is 0 Å². The maximum Gasteiger partial charge on any atom is 0.411 e. The molecular formula is C23H28IN3O9. The Morgan fingerprint density at radius 2 is 1.83 bits per heavy atom. The minimum Gasteiger partial charge on any atom is -0.464 e. The first-order valence-corrected chi connectivity index (χ1v) is 12.6. The molecule has 4 atom stereocenters. The van der Waals surface area contributed by atoms with Gasteiger partial charge in [-0.15, -0.1) is 0 Å². The number of alkyl halides is 1. The van der Waals surface area contributed by atoms with E-state index in [0.29, 0.717) is 6.42 Å². The number of amides is 2. The molecule has 1 aromatic rings. The van der Waals surface area contributed by atoms with Crippen molar-refractivity contribution in [2.24, 2.45) is 0 Å². The topological polar surface area (TPSA) is 154 Å².